The molecule has 1 atom stereocenters. The van der Waals surface area contributed by atoms with Crippen LogP contribution in [-0.4, -0.2) is 32.1 Å². The van der Waals surface area contributed by atoms with Crippen LogP contribution in [0.1, 0.15) is 19.8 Å². The average molecular weight is 171 g/mol. The van der Waals surface area contributed by atoms with Crippen molar-refractivity contribution < 1.29 is 9.47 Å². The molecule has 2 fully saturated rings. The van der Waals surface area contributed by atoms with Crippen LogP contribution in [0, 0.1) is 5.92 Å². The zero-order valence-corrected chi connectivity index (χ0v) is 7.64. The first-order valence-corrected chi connectivity index (χ1v) is 4.82. The SMILES string of the molecule is CC1CNCCC12OCCCO2. The molecule has 2 aliphatic heterocycles. The Bertz CT molecular complexity index is 146. The van der Waals surface area contributed by atoms with E-state index in [9.17, 15) is 0 Å². The molecule has 0 radical (unpaired) electrons. The lowest BCUT2D eigenvalue weighted by Crippen LogP contribution is -2.54. The van der Waals surface area contributed by atoms with E-state index in [2.05, 4.69) is 12.2 Å². The third-order valence-corrected chi connectivity index (χ3v) is 2.83. The Hall–Kier alpha value is -0.120. The summed E-state index contributed by atoms with van der Waals surface area (Å²) in [6, 6.07) is 0. The van der Waals surface area contributed by atoms with Crippen LogP contribution in [0.3, 0.4) is 0 Å². The largest absolute Gasteiger partial charge is 0.349 e. The van der Waals surface area contributed by atoms with Gasteiger partial charge in [-0.25, -0.2) is 0 Å². The Morgan fingerprint density at radius 3 is 2.75 bits per heavy atom. The van der Waals surface area contributed by atoms with E-state index in [4.69, 9.17) is 9.47 Å². The Labute approximate surface area is 73.4 Å². The minimum Gasteiger partial charge on any atom is -0.349 e. The van der Waals surface area contributed by atoms with Gasteiger partial charge in [0.25, 0.3) is 0 Å². The number of rotatable bonds is 0. The number of hydrogen-bond acceptors (Lipinski definition) is 3. The maximum absolute atomic E-state index is 5.76. The maximum Gasteiger partial charge on any atom is 0.173 e. The van der Waals surface area contributed by atoms with Crippen LogP contribution in [0.4, 0.5) is 0 Å². The van der Waals surface area contributed by atoms with Gasteiger partial charge in [-0.05, 0) is 6.42 Å². The van der Waals surface area contributed by atoms with Crippen molar-refractivity contribution in [1.29, 1.82) is 0 Å². The molecule has 3 heteroatoms. The summed E-state index contributed by atoms with van der Waals surface area (Å²) >= 11 is 0. The van der Waals surface area contributed by atoms with Gasteiger partial charge in [0.1, 0.15) is 0 Å². The highest BCUT2D eigenvalue weighted by Gasteiger charge is 2.41. The average Bonchev–Trinajstić information content (AvgIpc) is 2.12. The van der Waals surface area contributed by atoms with Gasteiger partial charge in [0.15, 0.2) is 5.79 Å². The van der Waals surface area contributed by atoms with Gasteiger partial charge in [-0.1, -0.05) is 6.92 Å². The molecule has 12 heavy (non-hydrogen) atoms. The topological polar surface area (TPSA) is 30.5 Å². The first-order valence-electron chi connectivity index (χ1n) is 4.82. The van der Waals surface area contributed by atoms with Gasteiger partial charge < -0.3 is 14.8 Å². The van der Waals surface area contributed by atoms with Crippen LogP contribution in [0.25, 0.3) is 0 Å². The van der Waals surface area contributed by atoms with Crippen molar-refractivity contribution in [3.63, 3.8) is 0 Å². The third-order valence-electron chi connectivity index (χ3n) is 2.83. The summed E-state index contributed by atoms with van der Waals surface area (Å²) in [6.45, 7) is 5.95. The van der Waals surface area contributed by atoms with Gasteiger partial charge in [0.05, 0.1) is 13.2 Å². The predicted molar refractivity (Wildman–Crippen MR) is 45.9 cm³/mol. The van der Waals surface area contributed by atoms with Crippen molar-refractivity contribution in [2.24, 2.45) is 5.92 Å². The molecular weight excluding hydrogens is 154 g/mol. The van der Waals surface area contributed by atoms with Crippen LogP contribution in [-0.2, 0) is 9.47 Å². The molecule has 1 N–H and O–H groups in total. The standard InChI is InChI=1S/C9H17NO2/c1-8-7-10-4-3-9(8)11-5-2-6-12-9/h8,10H,2-7H2,1H3. The van der Waals surface area contributed by atoms with Crippen LogP contribution in [0.2, 0.25) is 0 Å². The zero-order chi connectivity index (χ0) is 8.44. The van der Waals surface area contributed by atoms with Crippen LogP contribution < -0.4 is 5.32 Å². The van der Waals surface area contributed by atoms with Gasteiger partial charge in [0.2, 0.25) is 0 Å². The Balaban J connectivity index is 2.04. The summed E-state index contributed by atoms with van der Waals surface area (Å²) in [6.07, 6.45) is 2.04. The summed E-state index contributed by atoms with van der Waals surface area (Å²) in [5, 5.41) is 3.35. The predicted octanol–water partition coefficient (Wildman–Crippen LogP) is 0.749. The summed E-state index contributed by atoms with van der Waals surface area (Å²) in [5.41, 5.74) is 0. The van der Waals surface area contributed by atoms with Crippen molar-refractivity contribution in [2.75, 3.05) is 26.3 Å². The van der Waals surface area contributed by atoms with Gasteiger partial charge in [-0.3, -0.25) is 0 Å². The van der Waals surface area contributed by atoms with Crippen LogP contribution in [0.15, 0.2) is 0 Å². The monoisotopic (exact) mass is 171 g/mol. The minimum absolute atomic E-state index is 0.247. The van der Waals surface area contributed by atoms with E-state index < -0.39 is 0 Å². The number of piperidine rings is 1. The molecule has 0 aromatic rings. The molecule has 0 aromatic heterocycles. The first kappa shape index (κ1) is 8.48. The quantitative estimate of drug-likeness (QED) is 0.583. The molecule has 0 saturated carbocycles. The fourth-order valence-corrected chi connectivity index (χ4v) is 2.00. The second-order valence-corrected chi connectivity index (χ2v) is 3.72. The molecule has 2 saturated heterocycles. The lowest BCUT2D eigenvalue weighted by molar-refractivity contribution is -0.298. The summed E-state index contributed by atoms with van der Waals surface area (Å²) in [4.78, 5) is 0. The molecule has 0 bridgehead atoms. The Morgan fingerprint density at radius 2 is 2.08 bits per heavy atom. The summed E-state index contributed by atoms with van der Waals surface area (Å²) in [7, 11) is 0. The summed E-state index contributed by atoms with van der Waals surface area (Å²) < 4.78 is 11.5. The highest BCUT2D eigenvalue weighted by atomic mass is 16.7. The normalized spacial score (nSPS) is 35.2. The highest BCUT2D eigenvalue weighted by molar-refractivity contribution is 4.85. The molecule has 70 valence electrons. The molecule has 2 rings (SSSR count). The molecule has 0 amide bonds. The Kier molecular flexibility index (Phi) is 2.35. The number of nitrogens with one attached hydrogen (secondary N) is 1. The number of hydrogen-bond donors (Lipinski definition) is 1. The maximum atomic E-state index is 5.76. The molecule has 0 aromatic carbocycles. The van der Waals surface area contributed by atoms with Gasteiger partial charge in [-0.15, -0.1) is 0 Å². The molecule has 3 nitrogen and oxygen atoms in total. The van der Waals surface area contributed by atoms with E-state index in [1.165, 1.54) is 0 Å². The van der Waals surface area contributed by atoms with E-state index in [0.29, 0.717) is 5.92 Å². The smallest absolute Gasteiger partial charge is 0.173 e. The van der Waals surface area contributed by atoms with Crippen molar-refractivity contribution >= 4 is 0 Å². The van der Waals surface area contributed by atoms with E-state index in [1.807, 2.05) is 0 Å². The minimum atomic E-state index is -0.247. The first-order chi connectivity index (χ1) is 5.83. The second-order valence-electron chi connectivity index (χ2n) is 3.72. The molecule has 1 unspecified atom stereocenters. The van der Waals surface area contributed by atoms with E-state index in [0.717, 1.165) is 39.1 Å². The van der Waals surface area contributed by atoms with E-state index in [1.54, 1.807) is 0 Å². The lowest BCUT2D eigenvalue weighted by Gasteiger charge is -2.44. The van der Waals surface area contributed by atoms with Crippen molar-refractivity contribution in [3.05, 3.63) is 0 Å². The highest BCUT2D eigenvalue weighted by Crippen LogP contribution is 2.32. The molecular formula is C9H17NO2. The van der Waals surface area contributed by atoms with Crippen molar-refractivity contribution in [2.45, 2.75) is 25.6 Å². The molecule has 2 aliphatic rings. The van der Waals surface area contributed by atoms with E-state index >= 15 is 0 Å². The third kappa shape index (κ3) is 1.37. The van der Waals surface area contributed by atoms with E-state index in [-0.39, 0.29) is 5.79 Å². The fraction of sp³-hybridized carbons (Fsp3) is 1.00. The number of ether oxygens (including phenoxy) is 2. The van der Waals surface area contributed by atoms with Gasteiger partial charge >= 0.3 is 0 Å². The Morgan fingerprint density at radius 1 is 1.33 bits per heavy atom. The van der Waals surface area contributed by atoms with Gasteiger partial charge in [-0.2, -0.15) is 0 Å². The summed E-state index contributed by atoms with van der Waals surface area (Å²) in [5.74, 6) is 0.232. The molecule has 1 spiro atoms. The van der Waals surface area contributed by atoms with Gasteiger partial charge in [0, 0.05) is 25.4 Å². The molecule has 0 aliphatic carbocycles. The fourth-order valence-electron chi connectivity index (χ4n) is 2.00. The lowest BCUT2D eigenvalue weighted by atomic mass is 9.93. The molecule has 2 heterocycles. The van der Waals surface area contributed by atoms with Crippen molar-refractivity contribution in [3.8, 4) is 0 Å². The van der Waals surface area contributed by atoms with Crippen LogP contribution >= 0.6 is 0 Å². The van der Waals surface area contributed by atoms with Crippen LogP contribution in [0.5, 0.6) is 0 Å². The zero-order valence-electron chi connectivity index (χ0n) is 7.64. The van der Waals surface area contributed by atoms with Crippen molar-refractivity contribution in [1.82, 2.24) is 5.32 Å². The second kappa shape index (κ2) is 3.32.